The van der Waals surface area contributed by atoms with E-state index in [-0.39, 0.29) is 5.91 Å². The molecule has 3 rings (SSSR count). The molecule has 0 spiro atoms. The number of nitrogens with one attached hydrogen (secondary N) is 1. The molecule has 3 nitrogen and oxygen atoms in total. The summed E-state index contributed by atoms with van der Waals surface area (Å²) in [7, 11) is 0. The molecule has 1 unspecified atom stereocenters. The van der Waals surface area contributed by atoms with Gasteiger partial charge in [0.25, 0.3) is 0 Å². The summed E-state index contributed by atoms with van der Waals surface area (Å²) in [5.74, 6) is 0.388. The minimum Gasteiger partial charge on any atom is -0.326 e. The van der Waals surface area contributed by atoms with E-state index in [4.69, 9.17) is 16.9 Å². The second-order valence-corrected chi connectivity index (χ2v) is 8.08. The Morgan fingerprint density at radius 1 is 1.19 bits per heavy atom. The number of amides is 1. The monoisotopic (exact) mass is 380 g/mol. The summed E-state index contributed by atoms with van der Waals surface area (Å²) in [6.45, 7) is 2.09. The molecule has 1 aliphatic carbocycles. The minimum absolute atomic E-state index is 0.0269. The molecule has 1 amide bonds. The highest BCUT2D eigenvalue weighted by Crippen LogP contribution is 2.42. The number of nitrogens with zero attached hydrogens (tertiary/aromatic N) is 1. The van der Waals surface area contributed by atoms with E-state index >= 15 is 0 Å². The van der Waals surface area contributed by atoms with Crippen molar-refractivity contribution in [1.29, 1.82) is 5.26 Å². The molecule has 0 saturated heterocycles. The van der Waals surface area contributed by atoms with E-state index in [0.29, 0.717) is 28.6 Å². The Hall–Kier alpha value is -2.31. The molecule has 0 aromatic heterocycles. The van der Waals surface area contributed by atoms with Gasteiger partial charge in [-0.3, -0.25) is 4.79 Å². The Morgan fingerprint density at radius 2 is 1.89 bits per heavy atom. The maximum atomic E-state index is 13.4. The fourth-order valence-corrected chi connectivity index (χ4v) is 4.35. The van der Waals surface area contributed by atoms with Crippen LogP contribution in [0.3, 0.4) is 0 Å². The fraction of sp³-hybridized carbons (Fsp3) is 0.391. The molecule has 0 bridgehead atoms. The van der Waals surface area contributed by atoms with E-state index in [2.05, 4.69) is 24.4 Å². The smallest absolute Gasteiger partial charge is 0.230 e. The third kappa shape index (κ3) is 4.51. The number of halogens is 1. The molecule has 2 aromatic carbocycles. The lowest BCUT2D eigenvalue weighted by Crippen LogP contribution is -2.42. The van der Waals surface area contributed by atoms with Crippen LogP contribution < -0.4 is 5.32 Å². The average molecular weight is 381 g/mol. The van der Waals surface area contributed by atoms with E-state index in [1.54, 1.807) is 18.2 Å². The molecule has 1 saturated carbocycles. The molecule has 1 aliphatic rings. The molecule has 1 atom stereocenters. The second kappa shape index (κ2) is 8.59. The summed E-state index contributed by atoms with van der Waals surface area (Å²) >= 11 is 6.13. The summed E-state index contributed by atoms with van der Waals surface area (Å²) in [6, 6.07) is 17.3. The summed E-state index contributed by atoms with van der Waals surface area (Å²) in [5, 5.41) is 12.5. The van der Waals surface area contributed by atoms with Gasteiger partial charge in [-0.1, -0.05) is 68.1 Å². The Labute approximate surface area is 166 Å². The quantitative estimate of drug-likeness (QED) is 0.693. The average Bonchev–Trinajstić information content (AvgIpc) is 2.69. The van der Waals surface area contributed by atoms with Gasteiger partial charge in [-0.15, -0.1) is 0 Å². The van der Waals surface area contributed by atoms with Crippen LogP contribution in [0.1, 0.15) is 50.2 Å². The molecule has 27 heavy (non-hydrogen) atoms. The normalized spacial score (nSPS) is 16.9. The van der Waals surface area contributed by atoms with Gasteiger partial charge < -0.3 is 5.32 Å². The number of carbonyl (C=O) groups excluding carboxylic acids is 1. The van der Waals surface area contributed by atoms with Crippen LogP contribution in [0.5, 0.6) is 0 Å². The second-order valence-electron chi connectivity index (χ2n) is 7.68. The zero-order valence-electron chi connectivity index (χ0n) is 15.7. The third-order valence-corrected chi connectivity index (χ3v) is 6.10. The molecule has 140 valence electrons. The molecule has 2 aromatic rings. The highest BCUT2D eigenvalue weighted by molar-refractivity contribution is 6.32. The van der Waals surface area contributed by atoms with Crippen molar-refractivity contribution in [2.45, 2.75) is 45.4 Å². The number of hydrogen-bond acceptors (Lipinski definition) is 2. The number of nitriles is 1. The molecule has 0 aliphatic heterocycles. The molecule has 4 heteroatoms. The first kappa shape index (κ1) is 19.5. The van der Waals surface area contributed by atoms with Crippen LogP contribution in [-0.2, 0) is 11.2 Å². The Kier molecular flexibility index (Phi) is 6.19. The van der Waals surface area contributed by atoms with Crippen molar-refractivity contribution in [3.05, 3.63) is 64.7 Å². The van der Waals surface area contributed by atoms with Crippen LogP contribution in [0.2, 0.25) is 5.02 Å². The van der Waals surface area contributed by atoms with Gasteiger partial charge in [0.15, 0.2) is 0 Å². The first-order valence-corrected chi connectivity index (χ1v) is 9.96. The topological polar surface area (TPSA) is 52.9 Å². The SMILES string of the molecule is CC(Cc1ccccc1)(C(=O)Nc1ccc(C#N)c(Cl)c1)C1CCCCC1. The number of carbonyl (C=O) groups is 1. The van der Waals surface area contributed by atoms with Crippen molar-refractivity contribution in [2.75, 3.05) is 5.32 Å². The van der Waals surface area contributed by atoms with Gasteiger partial charge in [0, 0.05) is 5.69 Å². The summed E-state index contributed by atoms with van der Waals surface area (Å²) in [4.78, 5) is 13.4. The first-order valence-electron chi connectivity index (χ1n) is 9.58. The van der Waals surface area contributed by atoms with Crippen molar-refractivity contribution >= 4 is 23.2 Å². The van der Waals surface area contributed by atoms with Crippen molar-refractivity contribution in [2.24, 2.45) is 11.3 Å². The molecule has 0 radical (unpaired) electrons. The van der Waals surface area contributed by atoms with Gasteiger partial charge in [-0.05, 0) is 48.9 Å². The standard InChI is InChI=1S/C23H25ClN2O/c1-23(19-10-6-3-7-11-19,15-17-8-4-2-5-9-17)22(27)26-20-13-12-18(16-25)21(24)14-20/h2,4-5,8-9,12-14,19H,3,6-7,10-11,15H2,1H3,(H,26,27). The predicted octanol–water partition coefficient (Wildman–Crippen LogP) is 5.98. The van der Waals surface area contributed by atoms with E-state index in [1.165, 1.54) is 24.8 Å². The summed E-state index contributed by atoms with van der Waals surface area (Å²) < 4.78 is 0. The number of benzene rings is 2. The van der Waals surface area contributed by atoms with Gasteiger partial charge in [-0.25, -0.2) is 0 Å². The van der Waals surface area contributed by atoms with Crippen LogP contribution >= 0.6 is 11.6 Å². The van der Waals surface area contributed by atoms with Crippen LogP contribution in [-0.4, -0.2) is 5.91 Å². The highest BCUT2D eigenvalue weighted by atomic mass is 35.5. The van der Waals surface area contributed by atoms with Crippen molar-refractivity contribution in [3.8, 4) is 6.07 Å². The van der Waals surface area contributed by atoms with Gasteiger partial charge in [0.1, 0.15) is 6.07 Å². The summed E-state index contributed by atoms with van der Waals surface area (Å²) in [5.41, 5.74) is 1.74. The molecule has 0 heterocycles. The molecule has 1 N–H and O–H groups in total. The van der Waals surface area contributed by atoms with E-state index in [9.17, 15) is 4.79 Å². The predicted molar refractivity (Wildman–Crippen MR) is 110 cm³/mol. The summed E-state index contributed by atoms with van der Waals surface area (Å²) in [6.07, 6.45) is 6.52. The lowest BCUT2D eigenvalue weighted by atomic mass is 9.66. The maximum Gasteiger partial charge on any atom is 0.230 e. The lowest BCUT2D eigenvalue weighted by molar-refractivity contribution is -0.128. The van der Waals surface area contributed by atoms with Gasteiger partial charge in [-0.2, -0.15) is 5.26 Å². The van der Waals surface area contributed by atoms with E-state index < -0.39 is 5.41 Å². The minimum atomic E-state index is -0.484. The van der Waals surface area contributed by atoms with Gasteiger partial charge in [0.2, 0.25) is 5.91 Å². The number of rotatable bonds is 5. The van der Waals surface area contributed by atoms with Crippen LogP contribution in [0.25, 0.3) is 0 Å². The van der Waals surface area contributed by atoms with Crippen molar-refractivity contribution in [3.63, 3.8) is 0 Å². The highest BCUT2D eigenvalue weighted by Gasteiger charge is 2.41. The Bertz CT molecular complexity index is 837. The number of hydrogen-bond donors (Lipinski definition) is 1. The van der Waals surface area contributed by atoms with Crippen LogP contribution in [0.4, 0.5) is 5.69 Å². The molecular formula is C23H25ClN2O. The van der Waals surface area contributed by atoms with Crippen LogP contribution in [0, 0.1) is 22.7 Å². The molecular weight excluding hydrogens is 356 g/mol. The van der Waals surface area contributed by atoms with Crippen LogP contribution in [0.15, 0.2) is 48.5 Å². The zero-order valence-corrected chi connectivity index (χ0v) is 16.4. The van der Waals surface area contributed by atoms with Crippen molar-refractivity contribution in [1.82, 2.24) is 0 Å². The Balaban J connectivity index is 1.86. The van der Waals surface area contributed by atoms with E-state index in [1.807, 2.05) is 24.3 Å². The Morgan fingerprint density at radius 3 is 2.52 bits per heavy atom. The van der Waals surface area contributed by atoms with Gasteiger partial charge in [0.05, 0.1) is 16.0 Å². The maximum absolute atomic E-state index is 13.4. The van der Waals surface area contributed by atoms with Crippen molar-refractivity contribution < 1.29 is 4.79 Å². The molecule has 1 fully saturated rings. The number of anilines is 1. The third-order valence-electron chi connectivity index (χ3n) is 5.79. The lowest BCUT2D eigenvalue weighted by Gasteiger charge is -2.39. The fourth-order valence-electron chi connectivity index (χ4n) is 4.13. The van der Waals surface area contributed by atoms with Gasteiger partial charge >= 0.3 is 0 Å². The zero-order chi connectivity index (χ0) is 19.3. The first-order chi connectivity index (χ1) is 13.0. The van der Waals surface area contributed by atoms with E-state index in [0.717, 1.165) is 12.8 Å². The largest absolute Gasteiger partial charge is 0.326 e.